The number of tetrazole rings is 1. The molecule has 134 valence electrons. The average Bonchev–Trinajstić information content (AvgIpc) is 3.08. The second kappa shape index (κ2) is 6.72. The molecule has 0 fully saturated rings. The van der Waals surface area contributed by atoms with Crippen molar-refractivity contribution in [2.24, 2.45) is 0 Å². The lowest BCUT2D eigenvalue weighted by Gasteiger charge is -2.01. The van der Waals surface area contributed by atoms with E-state index in [9.17, 15) is 14.4 Å². The Morgan fingerprint density at radius 2 is 1.88 bits per heavy atom. The molecule has 0 radical (unpaired) electrons. The highest BCUT2D eigenvalue weighted by atomic mass is 35.5. The number of aryl methyl sites for hydroxylation is 1. The number of carbonyl (C=O) groups excluding carboxylic acids is 2. The van der Waals surface area contributed by atoms with Gasteiger partial charge in [-0.3, -0.25) is 9.59 Å². The summed E-state index contributed by atoms with van der Waals surface area (Å²) in [4.78, 5) is 39.7. The van der Waals surface area contributed by atoms with Crippen LogP contribution in [0.25, 0.3) is 5.69 Å². The zero-order valence-electron chi connectivity index (χ0n) is 14.4. The number of nitrogens with one attached hydrogen (secondary N) is 1. The number of halogens is 1. The zero-order valence-corrected chi connectivity index (χ0v) is 15.2. The summed E-state index contributed by atoms with van der Waals surface area (Å²) >= 11 is 6.07. The molecule has 0 amide bonds. The third-order valence-corrected chi connectivity index (χ3v) is 4.40. The largest absolute Gasteiger partial charge is 0.368 e. The van der Waals surface area contributed by atoms with Crippen LogP contribution in [0.4, 0.5) is 0 Å². The Balaban J connectivity index is 1.93. The normalized spacial score (nSPS) is 10.9. The Morgan fingerprint density at radius 3 is 2.50 bits per heavy atom. The van der Waals surface area contributed by atoms with Gasteiger partial charge in [0.1, 0.15) is 6.54 Å². The van der Waals surface area contributed by atoms with E-state index in [-0.39, 0.29) is 23.8 Å². The van der Waals surface area contributed by atoms with E-state index in [1.807, 2.05) is 0 Å². The molecule has 0 spiro atoms. The van der Waals surface area contributed by atoms with Crippen LogP contribution >= 0.6 is 11.6 Å². The lowest BCUT2D eigenvalue weighted by molar-refractivity contribution is 0.0960. The van der Waals surface area contributed by atoms with Crippen molar-refractivity contribution in [1.29, 1.82) is 0 Å². The Hall–Kier alpha value is -3.00. The second-order valence-corrected chi connectivity index (χ2v) is 6.29. The fourth-order valence-electron chi connectivity index (χ4n) is 2.92. The summed E-state index contributed by atoms with van der Waals surface area (Å²) in [7, 11) is 0. The first kappa shape index (κ1) is 17.8. The molecule has 26 heavy (non-hydrogen) atoms. The van der Waals surface area contributed by atoms with Gasteiger partial charge in [-0.05, 0) is 48.9 Å². The first-order valence-electron chi connectivity index (χ1n) is 7.82. The Kier molecular flexibility index (Phi) is 4.60. The quantitative estimate of drug-likeness (QED) is 0.690. The minimum Gasteiger partial charge on any atom is -0.355 e. The average molecular weight is 374 g/mol. The number of ketones is 2. The third-order valence-electron chi connectivity index (χ3n) is 4.08. The van der Waals surface area contributed by atoms with Gasteiger partial charge in [0.2, 0.25) is 5.78 Å². The zero-order chi connectivity index (χ0) is 19.0. The SMILES string of the molecule is CC(=O)c1c(C)[nH]c(C(=O)Cn2nnn(-c3ccccc3Cl)c2=O)c1C. The number of nitrogens with zero attached hydrogens (tertiary/aromatic N) is 4. The van der Waals surface area contributed by atoms with Crippen LogP contribution < -0.4 is 5.69 Å². The van der Waals surface area contributed by atoms with Crippen molar-refractivity contribution < 1.29 is 9.59 Å². The van der Waals surface area contributed by atoms with Crippen LogP contribution in [0.1, 0.15) is 39.0 Å². The van der Waals surface area contributed by atoms with Crippen molar-refractivity contribution in [1.82, 2.24) is 24.8 Å². The molecule has 8 nitrogen and oxygen atoms in total. The molecular weight excluding hydrogens is 358 g/mol. The van der Waals surface area contributed by atoms with Crippen molar-refractivity contribution in [2.75, 3.05) is 0 Å². The molecular formula is C17H16ClN5O3. The van der Waals surface area contributed by atoms with Crippen LogP contribution in [-0.2, 0) is 6.54 Å². The molecule has 9 heteroatoms. The third kappa shape index (κ3) is 2.99. The molecule has 2 heterocycles. The van der Waals surface area contributed by atoms with Gasteiger partial charge in [-0.1, -0.05) is 23.7 Å². The van der Waals surface area contributed by atoms with Crippen LogP contribution in [0.2, 0.25) is 5.02 Å². The van der Waals surface area contributed by atoms with Crippen molar-refractivity contribution in [3.05, 3.63) is 62.3 Å². The van der Waals surface area contributed by atoms with Crippen LogP contribution in [-0.4, -0.2) is 36.3 Å². The Labute approximate surface area is 153 Å². The summed E-state index contributed by atoms with van der Waals surface area (Å²) in [5.41, 5.74) is 1.74. The lowest BCUT2D eigenvalue weighted by atomic mass is 10.1. The lowest BCUT2D eigenvalue weighted by Crippen LogP contribution is -2.27. The highest BCUT2D eigenvalue weighted by molar-refractivity contribution is 6.32. The standard InChI is InChI=1S/C17H16ClN5O3/c1-9-15(11(3)24)10(2)19-16(9)14(25)8-22-17(26)23(21-20-22)13-7-5-4-6-12(13)18/h4-7,19H,8H2,1-3H3. The van der Waals surface area contributed by atoms with E-state index in [1.54, 1.807) is 38.1 Å². The van der Waals surface area contributed by atoms with Crippen LogP contribution in [0.5, 0.6) is 0 Å². The number of rotatable bonds is 5. The minimum absolute atomic E-state index is 0.128. The summed E-state index contributed by atoms with van der Waals surface area (Å²) < 4.78 is 1.98. The number of benzene rings is 1. The summed E-state index contributed by atoms with van der Waals surface area (Å²) in [6.07, 6.45) is 0. The molecule has 3 aromatic rings. The van der Waals surface area contributed by atoms with Gasteiger partial charge in [0.15, 0.2) is 5.78 Å². The number of aromatic amines is 1. The van der Waals surface area contributed by atoms with E-state index < -0.39 is 5.69 Å². The van der Waals surface area contributed by atoms with Crippen molar-refractivity contribution in [3.63, 3.8) is 0 Å². The number of hydrogen-bond acceptors (Lipinski definition) is 5. The van der Waals surface area contributed by atoms with Gasteiger partial charge < -0.3 is 4.98 Å². The molecule has 2 aromatic heterocycles. The number of para-hydroxylation sites is 1. The predicted molar refractivity (Wildman–Crippen MR) is 95.2 cm³/mol. The topological polar surface area (TPSA) is 103 Å². The van der Waals surface area contributed by atoms with Crippen molar-refractivity contribution in [2.45, 2.75) is 27.3 Å². The molecule has 0 unspecified atom stereocenters. The fraction of sp³-hybridized carbons (Fsp3) is 0.235. The van der Waals surface area contributed by atoms with Gasteiger partial charge in [0, 0.05) is 11.3 Å². The summed E-state index contributed by atoms with van der Waals surface area (Å²) in [6, 6.07) is 6.70. The number of carbonyl (C=O) groups is 2. The molecule has 0 bridgehead atoms. The van der Waals surface area contributed by atoms with Crippen molar-refractivity contribution >= 4 is 23.2 Å². The maximum atomic E-state index is 12.6. The molecule has 0 saturated carbocycles. The molecule has 3 rings (SSSR count). The van der Waals surface area contributed by atoms with Gasteiger partial charge in [-0.2, -0.15) is 9.36 Å². The van der Waals surface area contributed by atoms with Gasteiger partial charge >= 0.3 is 5.69 Å². The molecule has 1 N–H and O–H groups in total. The van der Waals surface area contributed by atoms with E-state index in [1.165, 1.54) is 6.92 Å². The van der Waals surface area contributed by atoms with E-state index in [0.29, 0.717) is 27.5 Å². The van der Waals surface area contributed by atoms with Gasteiger partial charge in [-0.25, -0.2) is 4.79 Å². The van der Waals surface area contributed by atoms with Gasteiger partial charge in [-0.15, -0.1) is 0 Å². The Bertz CT molecular complexity index is 1080. The minimum atomic E-state index is -0.584. The summed E-state index contributed by atoms with van der Waals surface area (Å²) in [5, 5.41) is 7.88. The maximum Gasteiger partial charge on any atom is 0.368 e. The predicted octanol–water partition coefficient (Wildman–Crippen LogP) is 2.11. The Morgan fingerprint density at radius 1 is 1.19 bits per heavy atom. The summed E-state index contributed by atoms with van der Waals surface area (Å²) in [6.45, 7) is 4.55. The van der Waals surface area contributed by atoms with E-state index in [2.05, 4.69) is 15.4 Å². The molecule has 0 aliphatic heterocycles. The van der Waals surface area contributed by atoms with E-state index in [0.717, 1.165) is 9.36 Å². The van der Waals surface area contributed by atoms with Crippen molar-refractivity contribution in [3.8, 4) is 5.69 Å². The first-order chi connectivity index (χ1) is 12.3. The molecule has 0 atom stereocenters. The maximum absolute atomic E-state index is 12.6. The first-order valence-corrected chi connectivity index (χ1v) is 8.20. The summed E-state index contributed by atoms with van der Waals surface area (Å²) in [5.74, 6) is -0.497. The second-order valence-electron chi connectivity index (χ2n) is 5.89. The number of Topliss-reactive ketones (excluding diaryl/α,β-unsaturated/α-hetero) is 2. The van der Waals surface area contributed by atoms with Crippen LogP contribution in [0.3, 0.4) is 0 Å². The smallest absolute Gasteiger partial charge is 0.355 e. The molecule has 1 aromatic carbocycles. The highest BCUT2D eigenvalue weighted by Gasteiger charge is 2.21. The highest BCUT2D eigenvalue weighted by Crippen LogP contribution is 2.19. The van der Waals surface area contributed by atoms with E-state index >= 15 is 0 Å². The number of aromatic nitrogens is 5. The molecule has 0 aliphatic rings. The van der Waals surface area contributed by atoms with Crippen LogP contribution in [0, 0.1) is 13.8 Å². The van der Waals surface area contributed by atoms with Gasteiger partial charge in [0.25, 0.3) is 0 Å². The molecule has 0 aliphatic carbocycles. The van der Waals surface area contributed by atoms with E-state index in [4.69, 9.17) is 11.6 Å². The molecule has 0 saturated heterocycles. The number of H-pyrrole nitrogens is 1. The van der Waals surface area contributed by atoms with Crippen LogP contribution in [0.15, 0.2) is 29.1 Å². The number of hydrogen-bond donors (Lipinski definition) is 1. The van der Waals surface area contributed by atoms with Gasteiger partial charge in [0.05, 0.1) is 16.4 Å². The monoisotopic (exact) mass is 373 g/mol. The fourth-order valence-corrected chi connectivity index (χ4v) is 3.14.